The Morgan fingerprint density at radius 2 is 2.39 bits per heavy atom. The number of aryl methyl sites for hydroxylation is 1. The van der Waals surface area contributed by atoms with E-state index < -0.39 is 0 Å². The number of aromatic nitrogens is 2. The first kappa shape index (κ1) is 14.4. The van der Waals surface area contributed by atoms with Crippen molar-refractivity contribution < 1.29 is 9.90 Å². The molecule has 0 bridgehead atoms. The van der Waals surface area contributed by atoms with Gasteiger partial charge in [-0.2, -0.15) is 5.10 Å². The number of hydrogen-bond acceptors (Lipinski definition) is 3. The van der Waals surface area contributed by atoms with Crippen molar-refractivity contribution in [3.05, 3.63) is 24.0 Å². The number of aliphatic hydroxyl groups is 1. The van der Waals surface area contributed by atoms with Gasteiger partial charge in [-0.05, 0) is 25.8 Å². The van der Waals surface area contributed by atoms with Crippen LogP contribution in [-0.2, 0) is 11.8 Å². The van der Waals surface area contributed by atoms with Gasteiger partial charge >= 0.3 is 0 Å². The molecule has 5 heteroatoms. The van der Waals surface area contributed by atoms with Gasteiger partial charge in [-0.1, -0.05) is 6.92 Å². The second-order valence-electron chi connectivity index (χ2n) is 4.66. The number of carbonyl (C=O) groups is 1. The standard InChI is InChI=1S/C13H21N3O2/c1-4-13(2,7-8-17)15-12(18)6-5-11-9-14-16(3)10-11/h5-6,9-10,17H,4,7-8H2,1-3H3,(H,15,18)/b6-5+. The minimum absolute atomic E-state index is 0.0664. The molecule has 2 N–H and O–H groups in total. The van der Waals surface area contributed by atoms with Gasteiger partial charge in [-0.25, -0.2) is 0 Å². The maximum absolute atomic E-state index is 11.8. The van der Waals surface area contributed by atoms with Crippen LogP contribution in [0.15, 0.2) is 18.5 Å². The monoisotopic (exact) mass is 251 g/mol. The van der Waals surface area contributed by atoms with E-state index in [0.717, 1.165) is 12.0 Å². The number of nitrogens with one attached hydrogen (secondary N) is 1. The van der Waals surface area contributed by atoms with Crippen LogP contribution in [0.4, 0.5) is 0 Å². The first-order valence-corrected chi connectivity index (χ1v) is 6.09. The molecule has 1 amide bonds. The Bertz CT molecular complexity index is 426. The van der Waals surface area contributed by atoms with Crippen LogP contribution < -0.4 is 5.32 Å². The molecule has 0 saturated heterocycles. The highest BCUT2D eigenvalue weighted by molar-refractivity contribution is 5.92. The van der Waals surface area contributed by atoms with Crippen LogP contribution >= 0.6 is 0 Å². The lowest BCUT2D eigenvalue weighted by molar-refractivity contribution is -0.118. The zero-order valence-electron chi connectivity index (χ0n) is 11.2. The average Bonchev–Trinajstić information content (AvgIpc) is 2.73. The predicted molar refractivity (Wildman–Crippen MR) is 70.8 cm³/mol. The Labute approximate surface area is 108 Å². The third kappa shape index (κ3) is 4.33. The zero-order chi connectivity index (χ0) is 13.6. The summed E-state index contributed by atoms with van der Waals surface area (Å²) in [4.78, 5) is 11.8. The Hall–Kier alpha value is -1.62. The minimum atomic E-state index is -0.356. The summed E-state index contributed by atoms with van der Waals surface area (Å²) in [7, 11) is 1.83. The lowest BCUT2D eigenvalue weighted by atomic mass is 9.95. The fourth-order valence-electron chi connectivity index (χ4n) is 1.61. The van der Waals surface area contributed by atoms with E-state index in [1.54, 1.807) is 17.0 Å². The number of carbonyl (C=O) groups excluding carboxylic acids is 1. The van der Waals surface area contributed by atoms with E-state index in [9.17, 15) is 4.79 Å². The molecule has 1 rings (SSSR count). The second kappa shape index (κ2) is 6.35. The summed E-state index contributed by atoms with van der Waals surface area (Å²) in [5.74, 6) is -0.156. The van der Waals surface area contributed by atoms with Crippen LogP contribution in [0.1, 0.15) is 32.3 Å². The molecule has 1 aromatic rings. The summed E-state index contributed by atoms with van der Waals surface area (Å²) >= 11 is 0. The van der Waals surface area contributed by atoms with Crippen molar-refractivity contribution in [1.29, 1.82) is 0 Å². The van der Waals surface area contributed by atoms with Gasteiger partial charge in [-0.3, -0.25) is 9.48 Å². The first-order valence-electron chi connectivity index (χ1n) is 6.09. The van der Waals surface area contributed by atoms with E-state index in [1.807, 2.05) is 27.1 Å². The summed E-state index contributed by atoms with van der Waals surface area (Å²) < 4.78 is 1.68. The molecule has 5 nitrogen and oxygen atoms in total. The van der Waals surface area contributed by atoms with Crippen molar-refractivity contribution in [2.75, 3.05) is 6.61 Å². The molecule has 100 valence electrons. The van der Waals surface area contributed by atoms with E-state index in [1.165, 1.54) is 6.08 Å². The van der Waals surface area contributed by atoms with Crippen LogP contribution in [-0.4, -0.2) is 32.9 Å². The molecule has 18 heavy (non-hydrogen) atoms. The molecule has 1 heterocycles. The smallest absolute Gasteiger partial charge is 0.244 e. The minimum Gasteiger partial charge on any atom is -0.396 e. The molecular weight excluding hydrogens is 230 g/mol. The van der Waals surface area contributed by atoms with Crippen LogP contribution in [0.5, 0.6) is 0 Å². The van der Waals surface area contributed by atoms with Gasteiger partial charge in [0, 0.05) is 37.0 Å². The molecule has 0 aliphatic carbocycles. The van der Waals surface area contributed by atoms with Crippen molar-refractivity contribution in [1.82, 2.24) is 15.1 Å². The SMILES string of the molecule is CCC(C)(CCO)NC(=O)/C=C/c1cnn(C)c1. The number of aliphatic hydroxyl groups excluding tert-OH is 1. The molecule has 0 saturated carbocycles. The van der Waals surface area contributed by atoms with Crippen LogP contribution in [0.2, 0.25) is 0 Å². The fraction of sp³-hybridized carbons (Fsp3) is 0.538. The number of hydrogen-bond donors (Lipinski definition) is 2. The average molecular weight is 251 g/mol. The summed E-state index contributed by atoms with van der Waals surface area (Å²) in [5.41, 5.74) is 0.526. The van der Waals surface area contributed by atoms with Crippen LogP contribution in [0.3, 0.4) is 0 Å². The van der Waals surface area contributed by atoms with E-state index in [2.05, 4.69) is 10.4 Å². The van der Waals surface area contributed by atoms with Crippen molar-refractivity contribution in [2.24, 2.45) is 7.05 Å². The van der Waals surface area contributed by atoms with Gasteiger partial charge in [-0.15, -0.1) is 0 Å². The van der Waals surface area contributed by atoms with Gasteiger partial charge < -0.3 is 10.4 Å². The number of amides is 1. The lowest BCUT2D eigenvalue weighted by Crippen LogP contribution is -2.45. The van der Waals surface area contributed by atoms with Crippen molar-refractivity contribution in [2.45, 2.75) is 32.2 Å². The highest BCUT2D eigenvalue weighted by atomic mass is 16.3. The largest absolute Gasteiger partial charge is 0.396 e. The van der Waals surface area contributed by atoms with E-state index in [4.69, 9.17) is 5.11 Å². The second-order valence-corrected chi connectivity index (χ2v) is 4.66. The van der Waals surface area contributed by atoms with Crippen molar-refractivity contribution >= 4 is 12.0 Å². The molecule has 0 aliphatic heterocycles. The van der Waals surface area contributed by atoms with Gasteiger partial charge in [0.25, 0.3) is 0 Å². The highest BCUT2D eigenvalue weighted by Crippen LogP contribution is 2.13. The summed E-state index contributed by atoms with van der Waals surface area (Å²) in [6, 6.07) is 0. The molecular formula is C13H21N3O2. The predicted octanol–water partition coefficient (Wildman–Crippen LogP) is 1.10. The quantitative estimate of drug-likeness (QED) is 0.744. The van der Waals surface area contributed by atoms with Crippen LogP contribution in [0.25, 0.3) is 6.08 Å². The summed E-state index contributed by atoms with van der Waals surface area (Å²) in [5, 5.41) is 15.9. The zero-order valence-corrected chi connectivity index (χ0v) is 11.2. The van der Waals surface area contributed by atoms with Crippen LogP contribution in [0, 0.1) is 0 Å². The summed E-state index contributed by atoms with van der Waals surface area (Å²) in [6.07, 6.45) is 8.06. The Morgan fingerprint density at radius 3 is 2.89 bits per heavy atom. The number of rotatable bonds is 6. The van der Waals surface area contributed by atoms with Crippen molar-refractivity contribution in [3.63, 3.8) is 0 Å². The molecule has 0 aromatic carbocycles. The van der Waals surface area contributed by atoms with Gasteiger partial charge in [0.15, 0.2) is 0 Å². The maximum Gasteiger partial charge on any atom is 0.244 e. The number of nitrogens with zero attached hydrogens (tertiary/aromatic N) is 2. The van der Waals surface area contributed by atoms with Gasteiger partial charge in [0.2, 0.25) is 5.91 Å². The topological polar surface area (TPSA) is 67.2 Å². The molecule has 0 spiro atoms. The molecule has 0 fully saturated rings. The van der Waals surface area contributed by atoms with Gasteiger partial charge in [0.05, 0.1) is 6.20 Å². The van der Waals surface area contributed by atoms with E-state index in [-0.39, 0.29) is 18.1 Å². The molecule has 0 radical (unpaired) electrons. The fourth-order valence-corrected chi connectivity index (χ4v) is 1.61. The van der Waals surface area contributed by atoms with E-state index >= 15 is 0 Å². The Morgan fingerprint density at radius 1 is 1.67 bits per heavy atom. The Kier molecular flexibility index (Phi) is 5.09. The normalized spacial score (nSPS) is 14.7. The van der Waals surface area contributed by atoms with Gasteiger partial charge in [0.1, 0.15) is 0 Å². The molecule has 1 aromatic heterocycles. The molecule has 1 unspecified atom stereocenters. The van der Waals surface area contributed by atoms with Crippen molar-refractivity contribution in [3.8, 4) is 0 Å². The first-order chi connectivity index (χ1) is 8.49. The molecule has 1 atom stereocenters. The lowest BCUT2D eigenvalue weighted by Gasteiger charge is -2.28. The maximum atomic E-state index is 11.8. The van der Waals surface area contributed by atoms with E-state index in [0.29, 0.717) is 6.42 Å². The third-order valence-electron chi connectivity index (χ3n) is 3.02. The third-order valence-corrected chi connectivity index (χ3v) is 3.02. The highest BCUT2D eigenvalue weighted by Gasteiger charge is 2.22. The Balaban J connectivity index is 2.58. The molecule has 0 aliphatic rings. The summed E-state index contributed by atoms with van der Waals surface area (Å²) in [6.45, 7) is 3.98.